The number of rotatable bonds is 3. The van der Waals surface area contributed by atoms with Crippen LogP contribution in [0.2, 0.25) is 0 Å². The highest BCUT2D eigenvalue weighted by Gasteiger charge is 2.12. The monoisotopic (exact) mass is 320 g/mol. The molecule has 0 unspecified atom stereocenters. The van der Waals surface area contributed by atoms with E-state index in [1.54, 1.807) is 6.07 Å². The van der Waals surface area contributed by atoms with Crippen molar-refractivity contribution in [2.24, 2.45) is 0 Å². The SMILES string of the molecule is Fc1ccc(Oc2ccc3c(c2)CCC3)c(CBr)c1. The molecular formula is C16H14BrFO. The fraction of sp³-hybridized carbons (Fsp3) is 0.250. The Balaban J connectivity index is 1.89. The summed E-state index contributed by atoms with van der Waals surface area (Å²) >= 11 is 3.36. The summed E-state index contributed by atoms with van der Waals surface area (Å²) in [6.45, 7) is 0. The molecule has 2 aromatic rings. The zero-order valence-electron chi connectivity index (χ0n) is 10.5. The number of aryl methyl sites for hydroxylation is 2. The van der Waals surface area contributed by atoms with E-state index in [-0.39, 0.29) is 5.82 Å². The van der Waals surface area contributed by atoms with Crippen LogP contribution in [0.5, 0.6) is 11.5 Å². The average molecular weight is 321 g/mol. The van der Waals surface area contributed by atoms with Gasteiger partial charge in [0.05, 0.1) is 0 Å². The van der Waals surface area contributed by atoms with E-state index in [0.29, 0.717) is 11.1 Å². The zero-order valence-corrected chi connectivity index (χ0v) is 12.0. The zero-order chi connectivity index (χ0) is 13.2. The Kier molecular flexibility index (Phi) is 3.56. The van der Waals surface area contributed by atoms with Crippen LogP contribution in [0, 0.1) is 5.82 Å². The second-order valence-electron chi connectivity index (χ2n) is 4.77. The van der Waals surface area contributed by atoms with Crippen LogP contribution in [0.15, 0.2) is 36.4 Å². The second-order valence-corrected chi connectivity index (χ2v) is 5.33. The Labute approximate surface area is 120 Å². The van der Waals surface area contributed by atoms with Crippen molar-refractivity contribution in [3.8, 4) is 11.5 Å². The average Bonchev–Trinajstić information content (AvgIpc) is 2.88. The van der Waals surface area contributed by atoms with Gasteiger partial charge in [0.15, 0.2) is 0 Å². The van der Waals surface area contributed by atoms with Crippen molar-refractivity contribution in [2.75, 3.05) is 0 Å². The van der Waals surface area contributed by atoms with Crippen molar-refractivity contribution < 1.29 is 9.13 Å². The summed E-state index contributed by atoms with van der Waals surface area (Å²) in [4.78, 5) is 0. The quantitative estimate of drug-likeness (QED) is 0.723. The molecule has 3 rings (SSSR count). The summed E-state index contributed by atoms with van der Waals surface area (Å²) in [5, 5.41) is 0.574. The van der Waals surface area contributed by atoms with Gasteiger partial charge in [0.1, 0.15) is 17.3 Å². The lowest BCUT2D eigenvalue weighted by molar-refractivity contribution is 0.475. The van der Waals surface area contributed by atoms with Gasteiger partial charge in [-0.2, -0.15) is 0 Å². The van der Waals surface area contributed by atoms with Gasteiger partial charge in [-0.25, -0.2) is 4.39 Å². The number of halogens is 2. The van der Waals surface area contributed by atoms with Crippen molar-refractivity contribution in [3.05, 3.63) is 58.9 Å². The first-order valence-electron chi connectivity index (χ1n) is 6.40. The van der Waals surface area contributed by atoms with Gasteiger partial charge in [0, 0.05) is 10.9 Å². The van der Waals surface area contributed by atoms with Gasteiger partial charge < -0.3 is 4.74 Å². The molecule has 0 aromatic heterocycles. The van der Waals surface area contributed by atoms with E-state index < -0.39 is 0 Å². The van der Waals surface area contributed by atoms with Gasteiger partial charge in [0.25, 0.3) is 0 Å². The van der Waals surface area contributed by atoms with E-state index in [4.69, 9.17) is 4.74 Å². The maximum absolute atomic E-state index is 13.2. The lowest BCUT2D eigenvalue weighted by Gasteiger charge is -2.11. The first-order chi connectivity index (χ1) is 9.26. The van der Waals surface area contributed by atoms with Crippen molar-refractivity contribution in [3.63, 3.8) is 0 Å². The maximum atomic E-state index is 13.2. The van der Waals surface area contributed by atoms with Crippen molar-refractivity contribution in [2.45, 2.75) is 24.6 Å². The van der Waals surface area contributed by atoms with Crippen LogP contribution in [0.4, 0.5) is 4.39 Å². The number of benzene rings is 2. The molecular weight excluding hydrogens is 307 g/mol. The van der Waals surface area contributed by atoms with Crippen molar-refractivity contribution in [1.82, 2.24) is 0 Å². The maximum Gasteiger partial charge on any atom is 0.131 e. The minimum atomic E-state index is -0.240. The molecule has 0 atom stereocenters. The van der Waals surface area contributed by atoms with E-state index in [9.17, 15) is 4.39 Å². The van der Waals surface area contributed by atoms with Crippen LogP contribution in [0.3, 0.4) is 0 Å². The molecule has 19 heavy (non-hydrogen) atoms. The fourth-order valence-electron chi connectivity index (χ4n) is 2.49. The molecule has 0 aliphatic heterocycles. The first kappa shape index (κ1) is 12.7. The third kappa shape index (κ3) is 2.66. The molecule has 3 heteroatoms. The standard InChI is InChI=1S/C16H14BrFO/c17-10-13-8-14(18)5-7-16(13)19-15-6-4-11-2-1-3-12(11)9-15/h4-9H,1-3,10H2. The van der Waals surface area contributed by atoms with Crippen LogP contribution in [0.1, 0.15) is 23.1 Å². The van der Waals surface area contributed by atoms with Gasteiger partial charge in [-0.05, 0) is 60.7 Å². The van der Waals surface area contributed by atoms with E-state index in [1.807, 2.05) is 6.07 Å². The number of alkyl halides is 1. The Hall–Kier alpha value is -1.35. The highest BCUT2D eigenvalue weighted by molar-refractivity contribution is 9.08. The summed E-state index contributed by atoms with van der Waals surface area (Å²) in [6, 6.07) is 10.8. The number of fused-ring (bicyclic) bond motifs is 1. The minimum Gasteiger partial charge on any atom is -0.457 e. The van der Waals surface area contributed by atoms with E-state index in [0.717, 1.165) is 17.7 Å². The number of hydrogen-bond donors (Lipinski definition) is 0. The summed E-state index contributed by atoms with van der Waals surface area (Å²) in [5.41, 5.74) is 3.62. The summed E-state index contributed by atoms with van der Waals surface area (Å²) in [7, 11) is 0. The first-order valence-corrected chi connectivity index (χ1v) is 7.52. The molecule has 2 aromatic carbocycles. The largest absolute Gasteiger partial charge is 0.457 e. The molecule has 0 heterocycles. The molecule has 98 valence electrons. The molecule has 0 saturated carbocycles. The molecule has 0 N–H and O–H groups in total. The molecule has 0 radical (unpaired) electrons. The Morgan fingerprint density at radius 1 is 1.05 bits per heavy atom. The molecule has 0 saturated heterocycles. The third-order valence-electron chi connectivity index (χ3n) is 3.46. The highest BCUT2D eigenvalue weighted by atomic mass is 79.9. The summed E-state index contributed by atoms with van der Waals surface area (Å²) in [6.07, 6.45) is 3.52. The molecule has 1 nitrogen and oxygen atoms in total. The smallest absolute Gasteiger partial charge is 0.131 e. The second kappa shape index (κ2) is 5.33. The predicted molar refractivity (Wildman–Crippen MR) is 77.6 cm³/mol. The van der Waals surface area contributed by atoms with E-state index >= 15 is 0 Å². The Bertz CT molecular complexity index is 610. The van der Waals surface area contributed by atoms with Gasteiger partial charge in [0.2, 0.25) is 0 Å². The van der Waals surface area contributed by atoms with Gasteiger partial charge in [-0.15, -0.1) is 0 Å². The van der Waals surface area contributed by atoms with Gasteiger partial charge >= 0.3 is 0 Å². The molecule has 0 spiro atoms. The fourth-order valence-corrected chi connectivity index (χ4v) is 2.93. The van der Waals surface area contributed by atoms with Crippen LogP contribution in [-0.2, 0) is 18.2 Å². The molecule has 0 amide bonds. The third-order valence-corrected chi connectivity index (χ3v) is 4.07. The Morgan fingerprint density at radius 3 is 2.74 bits per heavy atom. The van der Waals surface area contributed by atoms with Crippen LogP contribution < -0.4 is 4.74 Å². The normalized spacial score (nSPS) is 13.4. The van der Waals surface area contributed by atoms with Crippen LogP contribution in [-0.4, -0.2) is 0 Å². The lowest BCUT2D eigenvalue weighted by atomic mass is 10.1. The van der Waals surface area contributed by atoms with Crippen LogP contribution in [0.25, 0.3) is 0 Å². The highest BCUT2D eigenvalue weighted by Crippen LogP contribution is 2.31. The van der Waals surface area contributed by atoms with Crippen molar-refractivity contribution >= 4 is 15.9 Å². The number of hydrogen-bond acceptors (Lipinski definition) is 1. The van der Waals surface area contributed by atoms with Crippen LogP contribution >= 0.6 is 15.9 Å². The van der Waals surface area contributed by atoms with Gasteiger partial charge in [-0.3, -0.25) is 0 Å². The molecule has 1 aliphatic carbocycles. The predicted octanol–water partition coefficient (Wildman–Crippen LogP) is 5.00. The lowest BCUT2D eigenvalue weighted by Crippen LogP contribution is -1.92. The summed E-state index contributed by atoms with van der Waals surface area (Å²) in [5.74, 6) is 1.29. The molecule has 0 bridgehead atoms. The summed E-state index contributed by atoms with van der Waals surface area (Å²) < 4.78 is 19.1. The van der Waals surface area contributed by atoms with Crippen molar-refractivity contribution in [1.29, 1.82) is 0 Å². The molecule has 0 fully saturated rings. The topological polar surface area (TPSA) is 9.23 Å². The molecule has 1 aliphatic rings. The van der Waals surface area contributed by atoms with Gasteiger partial charge in [-0.1, -0.05) is 22.0 Å². The minimum absolute atomic E-state index is 0.240. The number of ether oxygens (including phenoxy) is 1. The van der Waals surface area contributed by atoms with E-state index in [1.165, 1.54) is 36.1 Å². The van der Waals surface area contributed by atoms with E-state index in [2.05, 4.69) is 28.1 Å². The Morgan fingerprint density at radius 2 is 1.89 bits per heavy atom.